The summed E-state index contributed by atoms with van der Waals surface area (Å²) < 4.78 is 11.9. The van der Waals surface area contributed by atoms with E-state index in [-0.39, 0.29) is 6.10 Å². The molecule has 0 N–H and O–H groups in total. The lowest BCUT2D eigenvalue weighted by atomic mass is 10.1. The zero-order valence-corrected chi connectivity index (χ0v) is 14.1. The Morgan fingerprint density at radius 1 is 1.21 bits per heavy atom. The van der Waals surface area contributed by atoms with Crippen LogP contribution in [0.1, 0.15) is 11.3 Å². The minimum absolute atomic E-state index is 0.0499. The number of ether oxygens (including phenoxy) is 2. The Kier molecular flexibility index (Phi) is 3.98. The minimum atomic E-state index is 0.0499. The van der Waals surface area contributed by atoms with Crippen molar-refractivity contribution < 1.29 is 9.47 Å². The molecule has 2 aliphatic rings. The van der Waals surface area contributed by atoms with Gasteiger partial charge in [-0.25, -0.2) is 9.97 Å². The lowest BCUT2D eigenvalue weighted by molar-refractivity contribution is 0.0547. The second kappa shape index (κ2) is 6.28. The number of para-hydroxylation sites is 2. The van der Waals surface area contributed by atoms with Gasteiger partial charge < -0.3 is 14.4 Å². The van der Waals surface area contributed by atoms with E-state index in [0.717, 1.165) is 49.1 Å². The van der Waals surface area contributed by atoms with Crippen LogP contribution in [0, 0.1) is 0 Å². The Balaban J connectivity index is 1.46. The number of anilines is 1. The van der Waals surface area contributed by atoms with Crippen molar-refractivity contribution in [3.63, 3.8) is 0 Å². The van der Waals surface area contributed by atoms with Crippen molar-refractivity contribution in [3.8, 4) is 11.5 Å². The summed E-state index contributed by atoms with van der Waals surface area (Å²) in [6.07, 6.45) is 2.66. The fourth-order valence-corrected chi connectivity index (χ4v) is 3.36. The molecule has 1 atom stereocenters. The van der Waals surface area contributed by atoms with Crippen LogP contribution in [0.2, 0.25) is 0 Å². The standard InChI is InChI=1S/C18H22N4O2/c1-21(2)18-14-10-22(8-7-15(14)19-12-20-18)9-13-11-23-16-5-3-4-6-17(16)24-13/h3-6,12-13H,7-11H2,1-2H3/t13-/m1/s1. The molecule has 0 fully saturated rings. The molecule has 24 heavy (non-hydrogen) atoms. The van der Waals surface area contributed by atoms with Gasteiger partial charge in [-0.2, -0.15) is 0 Å². The van der Waals surface area contributed by atoms with E-state index in [1.165, 1.54) is 5.56 Å². The van der Waals surface area contributed by atoms with Crippen LogP contribution in [0.4, 0.5) is 5.82 Å². The lowest BCUT2D eigenvalue weighted by Crippen LogP contribution is -2.43. The maximum Gasteiger partial charge on any atom is 0.161 e. The summed E-state index contributed by atoms with van der Waals surface area (Å²) in [4.78, 5) is 13.3. The molecule has 0 bridgehead atoms. The van der Waals surface area contributed by atoms with Crippen LogP contribution in [-0.4, -0.2) is 54.8 Å². The van der Waals surface area contributed by atoms with Crippen LogP contribution >= 0.6 is 0 Å². The summed E-state index contributed by atoms with van der Waals surface area (Å²) in [5.41, 5.74) is 2.39. The van der Waals surface area contributed by atoms with E-state index in [0.29, 0.717) is 6.61 Å². The summed E-state index contributed by atoms with van der Waals surface area (Å²) >= 11 is 0. The van der Waals surface area contributed by atoms with Crippen LogP contribution < -0.4 is 14.4 Å². The third-order valence-corrected chi connectivity index (χ3v) is 4.51. The molecule has 0 radical (unpaired) electrons. The Morgan fingerprint density at radius 2 is 2.04 bits per heavy atom. The van der Waals surface area contributed by atoms with Crippen LogP contribution in [0.25, 0.3) is 0 Å². The molecule has 2 aliphatic heterocycles. The predicted octanol–water partition coefficient (Wildman–Crippen LogP) is 1.74. The largest absolute Gasteiger partial charge is 0.486 e. The predicted molar refractivity (Wildman–Crippen MR) is 91.7 cm³/mol. The van der Waals surface area contributed by atoms with Crippen LogP contribution in [-0.2, 0) is 13.0 Å². The molecular formula is C18H22N4O2. The van der Waals surface area contributed by atoms with Gasteiger partial charge in [0.25, 0.3) is 0 Å². The highest BCUT2D eigenvalue weighted by molar-refractivity contribution is 5.48. The molecule has 0 unspecified atom stereocenters. The second-order valence-electron chi connectivity index (χ2n) is 6.50. The van der Waals surface area contributed by atoms with Crippen molar-refractivity contribution in [2.24, 2.45) is 0 Å². The average Bonchev–Trinajstić information content (AvgIpc) is 2.61. The zero-order chi connectivity index (χ0) is 16.5. The molecule has 0 aliphatic carbocycles. The number of aromatic nitrogens is 2. The molecule has 6 nitrogen and oxygen atoms in total. The SMILES string of the molecule is CN(C)c1ncnc2c1CN(C[C@@H]1COc3ccccc3O1)CC2. The molecule has 1 aromatic carbocycles. The van der Waals surface area contributed by atoms with Gasteiger partial charge in [-0.15, -0.1) is 0 Å². The van der Waals surface area contributed by atoms with Crippen LogP contribution in [0.15, 0.2) is 30.6 Å². The molecule has 0 saturated heterocycles. The maximum absolute atomic E-state index is 6.09. The van der Waals surface area contributed by atoms with Gasteiger partial charge in [0.15, 0.2) is 11.5 Å². The van der Waals surface area contributed by atoms with Crippen molar-refractivity contribution in [1.29, 1.82) is 0 Å². The third-order valence-electron chi connectivity index (χ3n) is 4.51. The van der Waals surface area contributed by atoms with Crippen molar-refractivity contribution >= 4 is 5.82 Å². The monoisotopic (exact) mass is 326 g/mol. The van der Waals surface area contributed by atoms with Gasteiger partial charge in [-0.1, -0.05) is 12.1 Å². The first-order chi connectivity index (χ1) is 11.7. The quantitative estimate of drug-likeness (QED) is 0.856. The molecule has 0 saturated carbocycles. The molecule has 126 valence electrons. The number of benzene rings is 1. The van der Waals surface area contributed by atoms with E-state index < -0.39 is 0 Å². The molecule has 6 heteroatoms. The molecule has 0 amide bonds. The van der Waals surface area contributed by atoms with Gasteiger partial charge in [0, 0.05) is 45.7 Å². The fraction of sp³-hybridized carbons (Fsp3) is 0.444. The first kappa shape index (κ1) is 15.2. The Morgan fingerprint density at radius 3 is 2.88 bits per heavy atom. The molecule has 3 heterocycles. The Labute approximate surface area is 142 Å². The lowest BCUT2D eigenvalue weighted by Gasteiger charge is -2.34. The van der Waals surface area contributed by atoms with Crippen molar-refractivity contribution in [2.75, 3.05) is 38.7 Å². The average molecular weight is 326 g/mol. The highest BCUT2D eigenvalue weighted by atomic mass is 16.6. The summed E-state index contributed by atoms with van der Waals surface area (Å²) in [5.74, 6) is 2.68. The van der Waals surface area contributed by atoms with Gasteiger partial charge in [0.1, 0.15) is 24.9 Å². The minimum Gasteiger partial charge on any atom is -0.486 e. The van der Waals surface area contributed by atoms with Gasteiger partial charge >= 0.3 is 0 Å². The van der Waals surface area contributed by atoms with E-state index >= 15 is 0 Å². The smallest absolute Gasteiger partial charge is 0.161 e. The molecule has 1 aromatic heterocycles. The Hall–Kier alpha value is -2.34. The summed E-state index contributed by atoms with van der Waals surface area (Å²) in [7, 11) is 4.05. The van der Waals surface area contributed by atoms with Crippen molar-refractivity contribution in [1.82, 2.24) is 14.9 Å². The van der Waals surface area contributed by atoms with E-state index in [1.54, 1.807) is 6.33 Å². The molecular weight excluding hydrogens is 304 g/mol. The highest BCUT2D eigenvalue weighted by Gasteiger charge is 2.27. The van der Waals surface area contributed by atoms with Gasteiger partial charge in [0.2, 0.25) is 0 Å². The molecule has 4 rings (SSSR count). The topological polar surface area (TPSA) is 50.7 Å². The fourth-order valence-electron chi connectivity index (χ4n) is 3.36. The van der Waals surface area contributed by atoms with E-state index in [4.69, 9.17) is 9.47 Å². The summed E-state index contributed by atoms with van der Waals surface area (Å²) in [6, 6.07) is 7.85. The van der Waals surface area contributed by atoms with Crippen molar-refractivity contribution in [3.05, 3.63) is 41.9 Å². The number of rotatable bonds is 3. The zero-order valence-electron chi connectivity index (χ0n) is 14.1. The second-order valence-corrected chi connectivity index (χ2v) is 6.50. The first-order valence-electron chi connectivity index (χ1n) is 8.31. The van der Waals surface area contributed by atoms with Crippen LogP contribution in [0.3, 0.4) is 0 Å². The van der Waals surface area contributed by atoms with Crippen LogP contribution in [0.5, 0.6) is 11.5 Å². The number of hydrogen-bond donors (Lipinski definition) is 0. The maximum atomic E-state index is 6.09. The first-order valence-corrected chi connectivity index (χ1v) is 8.31. The normalized spacial score (nSPS) is 19.7. The van der Waals surface area contributed by atoms with E-state index in [2.05, 4.69) is 19.8 Å². The van der Waals surface area contributed by atoms with Gasteiger partial charge in [0.05, 0.1) is 5.69 Å². The highest BCUT2D eigenvalue weighted by Crippen LogP contribution is 2.31. The van der Waals surface area contributed by atoms with Gasteiger partial charge in [-0.05, 0) is 12.1 Å². The third kappa shape index (κ3) is 2.89. The van der Waals surface area contributed by atoms with Crippen molar-refractivity contribution in [2.45, 2.75) is 19.1 Å². The van der Waals surface area contributed by atoms with E-state index in [9.17, 15) is 0 Å². The summed E-state index contributed by atoms with van der Waals surface area (Å²) in [6.45, 7) is 3.27. The summed E-state index contributed by atoms with van der Waals surface area (Å²) in [5, 5.41) is 0. The number of fused-ring (bicyclic) bond motifs is 2. The number of hydrogen-bond acceptors (Lipinski definition) is 6. The molecule has 2 aromatic rings. The Bertz CT molecular complexity index is 735. The van der Waals surface area contributed by atoms with Gasteiger partial charge in [-0.3, -0.25) is 4.90 Å². The molecule has 0 spiro atoms. The van der Waals surface area contributed by atoms with E-state index in [1.807, 2.05) is 38.4 Å². The number of nitrogens with zero attached hydrogens (tertiary/aromatic N) is 4.